The van der Waals surface area contributed by atoms with Crippen LogP contribution in [0.2, 0.25) is 0 Å². The van der Waals surface area contributed by atoms with Crippen LogP contribution in [0.3, 0.4) is 0 Å². The van der Waals surface area contributed by atoms with Crippen molar-refractivity contribution in [3.05, 3.63) is 87.9 Å². The number of thiazole rings is 1. The number of aryl methyl sites for hydroxylation is 1. The lowest BCUT2D eigenvalue weighted by molar-refractivity contribution is -0.119. The Morgan fingerprint density at radius 3 is 2.62 bits per heavy atom. The Balaban J connectivity index is 1.38. The Kier molecular flexibility index (Phi) is 6.53. The standard InChI is InChI=1S/C25H27NO2S/c27-22-14-13-20(7-4-8-24-26-15-16-29-24)25(22)21-11-9-19(10-12-21)23(28)17-18-5-2-1-3-6-18/h1-3,5-6,9-12,15-16,20,23,25,28H,4,7-8,13-14,17H2. The second kappa shape index (κ2) is 9.47. The van der Waals surface area contributed by atoms with Crippen LogP contribution in [0.25, 0.3) is 0 Å². The van der Waals surface area contributed by atoms with Crippen molar-refractivity contribution in [2.24, 2.45) is 5.92 Å². The third-order valence-corrected chi connectivity index (χ3v) is 6.82. The summed E-state index contributed by atoms with van der Waals surface area (Å²) in [6, 6.07) is 18.1. The molecule has 3 nitrogen and oxygen atoms in total. The third kappa shape index (κ3) is 5.01. The lowest BCUT2D eigenvalue weighted by Crippen LogP contribution is -2.13. The normalized spacial score (nSPS) is 20.1. The third-order valence-electron chi connectivity index (χ3n) is 5.98. The Morgan fingerprint density at radius 2 is 1.90 bits per heavy atom. The minimum Gasteiger partial charge on any atom is -0.388 e. The van der Waals surface area contributed by atoms with Gasteiger partial charge in [0.15, 0.2) is 0 Å². The van der Waals surface area contributed by atoms with Gasteiger partial charge >= 0.3 is 0 Å². The first-order chi connectivity index (χ1) is 14.2. The van der Waals surface area contributed by atoms with Gasteiger partial charge in [0.05, 0.1) is 11.1 Å². The molecule has 1 aliphatic rings. The number of rotatable bonds is 8. The maximum absolute atomic E-state index is 12.6. The highest BCUT2D eigenvalue weighted by Crippen LogP contribution is 2.40. The average Bonchev–Trinajstić information content (AvgIpc) is 3.39. The van der Waals surface area contributed by atoms with Gasteiger partial charge in [-0.25, -0.2) is 4.98 Å². The minimum absolute atomic E-state index is 0.00612. The summed E-state index contributed by atoms with van der Waals surface area (Å²) in [4.78, 5) is 16.9. The predicted octanol–water partition coefficient (Wildman–Crippen LogP) is 5.50. The SMILES string of the molecule is O=C1CCC(CCCc2nccs2)C1c1ccc(C(O)Cc2ccccc2)cc1. The van der Waals surface area contributed by atoms with Crippen molar-refractivity contribution in [2.75, 3.05) is 0 Å². The number of aliphatic hydroxyl groups is 1. The summed E-state index contributed by atoms with van der Waals surface area (Å²) in [5.41, 5.74) is 3.13. The highest BCUT2D eigenvalue weighted by molar-refractivity contribution is 7.09. The number of aliphatic hydroxyl groups excluding tert-OH is 1. The molecule has 0 spiro atoms. The van der Waals surface area contributed by atoms with E-state index in [1.54, 1.807) is 11.3 Å². The van der Waals surface area contributed by atoms with Crippen LogP contribution in [0.4, 0.5) is 0 Å². The van der Waals surface area contributed by atoms with Crippen LogP contribution in [-0.2, 0) is 17.6 Å². The van der Waals surface area contributed by atoms with Gasteiger partial charge in [-0.2, -0.15) is 0 Å². The number of hydrogen-bond donors (Lipinski definition) is 1. The number of nitrogens with zero attached hydrogens (tertiary/aromatic N) is 1. The van der Waals surface area contributed by atoms with E-state index in [9.17, 15) is 9.90 Å². The molecule has 0 amide bonds. The topological polar surface area (TPSA) is 50.2 Å². The Morgan fingerprint density at radius 1 is 1.10 bits per heavy atom. The van der Waals surface area contributed by atoms with Crippen LogP contribution in [0, 0.1) is 5.92 Å². The second-order valence-electron chi connectivity index (χ2n) is 7.93. The van der Waals surface area contributed by atoms with Gasteiger partial charge in [-0.05, 0) is 48.3 Å². The van der Waals surface area contributed by atoms with Crippen molar-refractivity contribution in [3.63, 3.8) is 0 Å². The van der Waals surface area contributed by atoms with Gasteiger partial charge in [0, 0.05) is 30.3 Å². The largest absolute Gasteiger partial charge is 0.388 e. The molecule has 29 heavy (non-hydrogen) atoms. The van der Waals surface area contributed by atoms with Gasteiger partial charge in [0.1, 0.15) is 5.78 Å². The van der Waals surface area contributed by atoms with Crippen LogP contribution in [0.5, 0.6) is 0 Å². The zero-order valence-electron chi connectivity index (χ0n) is 16.5. The lowest BCUT2D eigenvalue weighted by atomic mass is 9.84. The molecular weight excluding hydrogens is 378 g/mol. The lowest BCUT2D eigenvalue weighted by Gasteiger charge is -2.19. The number of aromatic nitrogens is 1. The van der Waals surface area contributed by atoms with E-state index < -0.39 is 6.10 Å². The number of ketones is 1. The highest BCUT2D eigenvalue weighted by Gasteiger charge is 2.35. The molecule has 1 fully saturated rings. The molecule has 150 valence electrons. The molecule has 0 aliphatic heterocycles. The minimum atomic E-state index is -0.528. The molecule has 0 bridgehead atoms. The summed E-state index contributed by atoms with van der Waals surface area (Å²) >= 11 is 1.71. The van der Waals surface area contributed by atoms with Crippen LogP contribution >= 0.6 is 11.3 Å². The highest BCUT2D eigenvalue weighted by atomic mass is 32.1. The van der Waals surface area contributed by atoms with Gasteiger partial charge in [-0.15, -0.1) is 11.3 Å². The summed E-state index contributed by atoms with van der Waals surface area (Å²) in [6.45, 7) is 0. The Bertz CT molecular complexity index is 906. The molecule has 0 radical (unpaired) electrons. The van der Waals surface area contributed by atoms with Gasteiger partial charge in [0.2, 0.25) is 0 Å². The van der Waals surface area contributed by atoms with E-state index in [-0.39, 0.29) is 5.92 Å². The van der Waals surface area contributed by atoms with Crippen molar-refractivity contribution < 1.29 is 9.90 Å². The molecule has 3 atom stereocenters. The van der Waals surface area contributed by atoms with Crippen molar-refractivity contribution in [1.29, 1.82) is 0 Å². The van der Waals surface area contributed by atoms with Gasteiger partial charge < -0.3 is 5.11 Å². The number of carbonyl (C=O) groups is 1. The first-order valence-corrected chi connectivity index (χ1v) is 11.3. The van der Waals surface area contributed by atoms with E-state index in [2.05, 4.69) is 4.98 Å². The summed E-state index contributed by atoms with van der Waals surface area (Å²) in [7, 11) is 0. The maximum atomic E-state index is 12.6. The molecule has 1 saturated carbocycles. The quantitative estimate of drug-likeness (QED) is 0.538. The molecule has 1 aliphatic carbocycles. The summed E-state index contributed by atoms with van der Waals surface area (Å²) in [6.07, 6.45) is 6.74. The summed E-state index contributed by atoms with van der Waals surface area (Å²) < 4.78 is 0. The van der Waals surface area contributed by atoms with E-state index >= 15 is 0 Å². The molecule has 4 heteroatoms. The molecule has 1 heterocycles. The molecule has 4 rings (SSSR count). The van der Waals surface area contributed by atoms with Crippen molar-refractivity contribution >= 4 is 17.1 Å². The summed E-state index contributed by atoms with van der Waals surface area (Å²) in [5, 5.41) is 13.8. The molecule has 0 saturated heterocycles. The van der Waals surface area contributed by atoms with E-state index in [4.69, 9.17) is 0 Å². The van der Waals surface area contributed by atoms with Gasteiger partial charge in [-0.1, -0.05) is 54.6 Å². The van der Waals surface area contributed by atoms with Crippen LogP contribution in [0.1, 0.15) is 59.4 Å². The number of carbonyl (C=O) groups excluding carboxylic acids is 1. The van der Waals surface area contributed by atoms with Crippen molar-refractivity contribution in [2.45, 2.75) is 50.5 Å². The van der Waals surface area contributed by atoms with E-state index in [0.717, 1.165) is 42.4 Å². The zero-order valence-corrected chi connectivity index (χ0v) is 17.4. The first kappa shape index (κ1) is 20.0. The Labute approximate surface area is 176 Å². The van der Waals surface area contributed by atoms with Gasteiger partial charge in [-0.3, -0.25) is 4.79 Å². The monoisotopic (exact) mass is 405 g/mol. The molecule has 3 unspecified atom stereocenters. The van der Waals surface area contributed by atoms with Crippen molar-refractivity contribution in [1.82, 2.24) is 4.98 Å². The maximum Gasteiger partial charge on any atom is 0.140 e. The molecular formula is C25H27NO2S. The predicted molar refractivity (Wildman–Crippen MR) is 117 cm³/mol. The van der Waals surface area contributed by atoms with Gasteiger partial charge in [0.25, 0.3) is 0 Å². The van der Waals surface area contributed by atoms with Crippen LogP contribution in [-0.4, -0.2) is 15.9 Å². The van der Waals surface area contributed by atoms with E-state index in [1.165, 1.54) is 5.01 Å². The first-order valence-electron chi connectivity index (χ1n) is 10.4. The molecule has 1 aromatic heterocycles. The van der Waals surface area contributed by atoms with E-state index in [1.807, 2.05) is 66.2 Å². The van der Waals surface area contributed by atoms with Crippen LogP contribution in [0.15, 0.2) is 66.2 Å². The second-order valence-corrected chi connectivity index (χ2v) is 8.91. The Hall–Kier alpha value is -2.30. The fourth-order valence-corrected chi connectivity index (χ4v) is 5.12. The molecule has 2 aromatic carbocycles. The average molecular weight is 406 g/mol. The van der Waals surface area contributed by atoms with Crippen molar-refractivity contribution in [3.8, 4) is 0 Å². The molecule has 1 N–H and O–H groups in total. The fraction of sp³-hybridized carbons (Fsp3) is 0.360. The fourth-order valence-electron chi connectivity index (χ4n) is 4.45. The summed E-state index contributed by atoms with van der Waals surface area (Å²) in [5.74, 6) is 0.788. The van der Waals surface area contributed by atoms with E-state index in [0.29, 0.717) is 24.5 Å². The smallest absolute Gasteiger partial charge is 0.140 e. The number of hydrogen-bond acceptors (Lipinski definition) is 4. The zero-order chi connectivity index (χ0) is 20.1. The number of benzene rings is 2. The number of Topliss-reactive ketones (excluding diaryl/α,β-unsaturated/α-hetero) is 1. The molecule has 3 aromatic rings. The van der Waals surface area contributed by atoms with Crippen LogP contribution < -0.4 is 0 Å².